The van der Waals surface area contributed by atoms with Crippen LogP contribution in [0, 0.1) is 14.4 Å². The molecule has 10 rings (SSSR count). The number of benzene rings is 3. The number of anilines is 1. The van der Waals surface area contributed by atoms with Crippen LogP contribution < -0.4 is 19.9 Å². The number of aliphatic hydroxyl groups excluding tert-OH is 3. The number of morpholine rings is 1. The first-order valence-corrected chi connectivity index (χ1v) is 27.6. The van der Waals surface area contributed by atoms with Crippen LogP contribution in [0.5, 0.6) is 5.75 Å². The molecule has 6 N–H and O–H groups in total. The first-order valence-electron chi connectivity index (χ1n) is 27.6. The Kier molecular flexibility index (Phi) is 20.3. The second-order valence-corrected chi connectivity index (χ2v) is 20.6. The molecule has 4 amide bonds. The zero-order chi connectivity index (χ0) is 58.7. The molecule has 0 radical (unpaired) electrons. The van der Waals surface area contributed by atoms with Crippen molar-refractivity contribution in [1.29, 1.82) is 0 Å². The number of amides is 4. The monoisotopic (exact) mass is 1170 g/mol. The number of ether oxygens (including phenoxy) is 6. The molecule has 448 valence electrons. The van der Waals surface area contributed by atoms with Gasteiger partial charge in [0.2, 0.25) is 18.1 Å². The molecule has 3 aliphatic heterocycles. The number of carbonyl (C=O) groups excluding carboxylic acids is 4. The molecular formula is C60H68N10O15. The zero-order valence-electron chi connectivity index (χ0n) is 47.1. The molecule has 3 aromatic heterocycles. The number of aliphatic hydroxyl groups is 3. The fourth-order valence-corrected chi connectivity index (χ4v) is 10.0. The van der Waals surface area contributed by atoms with Gasteiger partial charge in [0.25, 0.3) is 11.8 Å². The maximum Gasteiger partial charge on any atom is 0.335 e. The van der Waals surface area contributed by atoms with E-state index >= 15 is 0 Å². The van der Waals surface area contributed by atoms with E-state index in [1.54, 1.807) is 35.5 Å². The average molecular weight is 1170 g/mol. The van der Waals surface area contributed by atoms with E-state index < -0.39 is 42.6 Å². The van der Waals surface area contributed by atoms with Crippen molar-refractivity contribution in [3.8, 4) is 34.1 Å². The van der Waals surface area contributed by atoms with Crippen molar-refractivity contribution in [1.82, 2.24) is 44.4 Å². The number of piperidine rings is 1. The molecular weight excluding hydrogens is 1100 g/mol. The predicted molar refractivity (Wildman–Crippen MR) is 305 cm³/mol. The molecule has 1 aliphatic carbocycles. The molecule has 0 unspecified atom stereocenters. The van der Waals surface area contributed by atoms with Gasteiger partial charge in [0.05, 0.1) is 76.5 Å². The number of carboxylic acid groups (broad SMARTS) is 1. The SMILES string of the molecule is Cc1ccc(-c2ncn(-c3ccc(Cc4nccc(-c5cccc([N+]6(Cc7ccc(O[C@@H]8O[C@H](C(=O)O)[C@@H](O)[C@H](O)[C@H]8O)c(NC(=O)CCNC(=O)CCOCCOCCOCCN8C(=O)C9=C(C9)C8=O)c7)CCOCC6)c5)n4)cc3)n2)cn1.[CH3-]. The molecule has 0 saturated carbocycles. The number of imide groups is 1. The molecule has 5 atom stereocenters. The van der Waals surface area contributed by atoms with Crippen molar-refractivity contribution >= 4 is 41.0 Å². The van der Waals surface area contributed by atoms with Crippen LogP contribution in [-0.4, -0.2) is 194 Å². The zero-order valence-corrected chi connectivity index (χ0v) is 47.1. The standard InChI is InChI=1S/C59H64N10O15.CH3/c1-36-5-9-40(33-62-36)55-63-35-68(66-55)41-10-6-37(7-11-41)30-48-60-16-13-45(64-48)39-3-2-4-42(31-39)69(19-23-81-24-20-69)34-38-8-12-47(83-59-53(74)51(72)52(73)54(84-59)58(77)78)46(29-38)65-50(71)14-17-61-49(70)15-21-79-25-27-82-28-26-80-22-18-67-56(75)43-32-44(43)57(67)76;/h2-13,16,29,31,33,35,51-54,59,72-74H,14-15,17-28,30,32,34H2,1H3,(H2-,61,65,70,71,77,78);1H3/q;-1/p+1/t51-,52-,53+,54-,59+;/m0./s1. The number of likely N-dealkylation sites (tertiary alicyclic amines) is 1. The highest BCUT2D eigenvalue weighted by Gasteiger charge is 2.49. The minimum atomic E-state index is -1.95. The number of rotatable bonds is 27. The van der Waals surface area contributed by atoms with Gasteiger partial charge in [-0.05, 0) is 67.1 Å². The maximum atomic E-state index is 13.6. The number of aromatic nitrogens is 6. The van der Waals surface area contributed by atoms with Gasteiger partial charge in [-0.2, -0.15) is 0 Å². The summed E-state index contributed by atoms with van der Waals surface area (Å²) in [4.78, 5) is 81.9. The summed E-state index contributed by atoms with van der Waals surface area (Å²) in [5.74, 6) is -1.75. The summed E-state index contributed by atoms with van der Waals surface area (Å²) < 4.78 is 35.9. The van der Waals surface area contributed by atoms with E-state index in [0.717, 1.165) is 45.0 Å². The molecule has 25 nitrogen and oxygen atoms in total. The lowest BCUT2D eigenvalue weighted by Crippen LogP contribution is -2.61. The van der Waals surface area contributed by atoms with Crippen molar-refractivity contribution in [2.45, 2.75) is 69.9 Å². The molecule has 4 aliphatic rings. The molecule has 0 bridgehead atoms. The molecule has 2 fully saturated rings. The van der Waals surface area contributed by atoms with Gasteiger partial charge in [-0.3, -0.25) is 33.5 Å². The van der Waals surface area contributed by atoms with Crippen molar-refractivity contribution in [3.63, 3.8) is 0 Å². The predicted octanol–water partition coefficient (Wildman–Crippen LogP) is 2.90. The lowest BCUT2D eigenvalue weighted by molar-refractivity contribution is -0.271. The van der Waals surface area contributed by atoms with E-state index in [-0.39, 0.29) is 102 Å². The number of carbonyl (C=O) groups is 5. The summed E-state index contributed by atoms with van der Waals surface area (Å²) in [6.07, 6.45) is -3.44. The van der Waals surface area contributed by atoms with Crippen molar-refractivity contribution in [2.75, 3.05) is 84.4 Å². The molecule has 6 heterocycles. The van der Waals surface area contributed by atoms with E-state index in [2.05, 4.69) is 42.8 Å². The smallest absolute Gasteiger partial charge is 0.335 e. The number of quaternary nitrogens is 1. The van der Waals surface area contributed by atoms with Crippen LogP contribution in [0.2, 0.25) is 0 Å². The van der Waals surface area contributed by atoms with Gasteiger partial charge in [-0.1, -0.05) is 24.3 Å². The van der Waals surface area contributed by atoms with Crippen molar-refractivity contribution in [3.05, 3.63) is 145 Å². The van der Waals surface area contributed by atoms with Gasteiger partial charge < -0.3 is 66.9 Å². The van der Waals surface area contributed by atoms with Gasteiger partial charge in [-0.25, -0.2) is 24.4 Å². The number of aliphatic carboxylic acids is 1. The Balaban J connectivity index is 0.00000865. The number of nitrogens with one attached hydrogen (secondary N) is 2. The number of hydrogen-bond donors (Lipinski definition) is 6. The van der Waals surface area contributed by atoms with E-state index in [1.807, 2.05) is 61.5 Å². The minimum Gasteiger partial charge on any atom is -0.479 e. The van der Waals surface area contributed by atoms with Crippen molar-refractivity contribution in [2.24, 2.45) is 0 Å². The Labute approximate surface area is 489 Å². The number of nitrogens with zero attached hydrogens (tertiary/aromatic N) is 8. The van der Waals surface area contributed by atoms with Crippen LogP contribution in [0.1, 0.15) is 41.9 Å². The number of pyridine rings is 1. The normalized spacial score (nSPS) is 19.7. The fourth-order valence-electron chi connectivity index (χ4n) is 10.0. The lowest BCUT2D eigenvalue weighted by atomic mass is 9.99. The van der Waals surface area contributed by atoms with Gasteiger partial charge in [0, 0.05) is 84.2 Å². The average Bonchev–Trinajstić information content (AvgIpc) is 2.37. The molecule has 0 spiro atoms. The summed E-state index contributed by atoms with van der Waals surface area (Å²) in [6, 6.07) is 26.9. The number of carboxylic acids is 1. The topological polar surface area (TPSA) is 318 Å². The van der Waals surface area contributed by atoms with Crippen LogP contribution >= 0.6 is 0 Å². The van der Waals surface area contributed by atoms with Gasteiger partial charge >= 0.3 is 5.97 Å². The number of hydrogen-bond acceptors (Lipinski definition) is 19. The Hall–Kier alpha value is -8.24. The highest BCUT2D eigenvalue weighted by Crippen LogP contribution is 2.40. The molecule has 3 aromatic carbocycles. The third-order valence-corrected chi connectivity index (χ3v) is 14.8. The molecule has 85 heavy (non-hydrogen) atoms. The number of aryl methyl sites for hydroxylation is 1. The van der Waals surface area contributed by atoms with Gasteiger partial charge in [0.15, 0.2) is 11.9 Å². The van der Waals surface area contributed by atoms with E-state index in [9.17, 15) is 44.4 Å². The summed E-state index contributed by atoms with van der Waals surface area (Å²) in [6.45, 7) is 5.92. The highest BCUT2D eigenvalue weighted by molar-refractivity contribution is 6.25. The first-order chi connectivity index (χ1) is 40.7. The van der Waals surface area contributed by atoms with Crippen LogP contribution in [0.4, 0.5) is 11.4 Å². The quantitative estimate of drug-likeness (QED) is 0.0187. The minimum absolute atomic E-state index is 0. The van der Waals surface area contributed by atoms with Crippen LogP contribution in [-0.2, 0) is 60.6 Å². The Morgan fingerprint density at radius 3 is 2.22 bits per heavy atom. The maximum absolute atomic E-state index is 13.6. The van der Waals surface area contributed by atoms with Crippen LogP contribution in [0.3, 0.4) is 0 Å². The molecule has 6 aromatic rings. The van der Waals surface area contributed by atoms with E-state index in [4.69, 9.17) is 33.4 Å². The second-order valence-electron chi connectivity index (χ2n) is 20.6. The lowest BCUT2D eigenvalue weighted by Gasteiger charge is -2.41. The van der Waals surface area contributed by atoms with Crippen molar-refractivity contribution < 1.29 is 72.8 Å². The molecule has 25 heteroatoms. The Morgan fingerprint density at radius 1 is 0.765 bits per heavy atom. The van der Waals surface area contributed by atoms with Gasteiger partial charge in [-0.15, -0.1) is 5.10 Å². The Bertz CT molecular complexity index is 3350. The first kappa shape index (κ1) is 61.3. The van der Waals surface area contributed by atoms with Gasteiger partial charge in [0.1, 0.15) is 61.5 Å². The summed E-state index contributed by atoms with van der Waals surface area (Å²) in [7, 11) is 0. The largest absolute Gasteiger partial charge is 0.479 e. The van der Waals surface area contributed by atoms with E-state index in [0.29, 0.717) is 73.0 Å². The summed E-state index contributed by atoms with van der Waals surface area (Å²) in [5, 5.41) is 51.7. The summed E-state index contributed by atoms with van der Waals surface area (Å²) in [5.41, 5.74) is 8.27. The second kappa shape index (κ2) is 28.1. The third kappa shape index (κ3) is 15.2. The van der Waals surface area contributed by atoms with Crippen LogP contribution in [0.15, 0.2) is 115 Å². The fraction of sp³-hybridized carbons (Fsp3) is 0.383. The van der Waals surface area contributed by atoms with E-state index in [1.165, 1.54) is 11.0 Å². The molecule has 2 saturated heterocycles. The van der Waals surface area contributed by atoms with Crippen LogP contribution in [0.25, 0.3) is 28.3 Å². The Morgan fingerprint density at radius 2 is 1.49 bits per heavy atom. The third-order valence-electron chi connectivity index (χ3n) is 14.8. The summed E-state index contributed by atoms with van der Waals surface area (Å²) >= 11 is 0. The highest BCUT2D eigenvalue weighted by atomic mass is 16.7.